The molecule has 0 atom stereocenters. The first kappa shape index (κ1) is 19.5. The van der Waals surface area contributed by atoms with Gasteiger partial charge in [0, 0.05) is 30.1 Å². The molecule has 0 radical (unpaired) electrons. The second-order valence-corrected chi connectivity index (χ2v) is 8.15. The van der Waals surface area contributed by atoms with Crippen molar-refractivity contribution in [1.29, 1.82) is 0 Å². The van der Waals surface area contributed by atoms with Crippen LogP contribution in [0.1, 0.15) is 41.2 Å². The standard InChI is InChI=1S/C24H23FN4O2/c1-14(2)29-7-8-31-21-6-5-16(11-20(21)29)23-19(25)13-26-22(28-23)10-15-3-4-17-12-27-24(30)18(17)9-15/h3-6,9,11,13-14H,7-8,10,12H2,1-2H3,(H,27,30). The third-order valence-corrected chi connectivity index (χ3v) is 5.77. The molecule has 2 aromatic carbocycles. The Bertz CT molecular complexity index is 1180. The van der Waals surface area contributed by atoms with E-state index in [1.807, 2.05) is 36.4 Å². The van der Waals surface area contributed by atoms with Gasteiger partial charge in [-0.15, -0.1) is 0 Å². The summed E-state index contributed by atoms with van der Waals surface area (Å²) in [6, 6.07) is 11.7. The van der Waals surface area contributed by atoms with Crippen LogP contribution < -0.4 is 15.0 Å². The number of hydrogen-bond donors (Lipinski definition) is 1. The lowest BCUT2D eigenvalue weighted by Crippen LogP contribution is -2.37. The average molecular weight is 418 g/mol. The van der Waals surface area contributed by atoms with Crippen molar-refractivity contribution in [3.63, 3.8) is 0 Å². The lowest BCUT2D eigenvalue weighted by molar-refractivity contribution is 0.0965. The fourth-order valence-corrected chi connectivity index (χ4v) is 4.17. The van der Waals surface area contributed by atoms with Crippen LogP contribution in [0.25, 0.3) is 11.3 Å². The van der Waals surface area contributed by atoms with E-state index in [1.165, 1.54) is 6.20 Å². The van der Waals surface area contributed by atoms with E-state index in [2.05, 4.69) is 34.0 Å². The molecular formula is C24H23FN4O2. The summed E-state index contributed by atoms with van der Waals surface area (Å²) in [5, 5.41) is 2.82. The van der Waals surface area contributed by atoms with Crippen LogP contribution in [0.5, 0.6) is 5.75 Å². The van der Waals surface area contributed by atoms with Gasteiger partial charge in [-0.1, -0.05) is 12.1 Å². The molecule has 2 aliphatic heterocycles. The number of anilines is 1. The lowest BCUT2D eigenvalue weighted by Gasteiger charge is -2.34. The maximum absolute atomic E-state index is 14.7. The molecule has 7 heteroatoms. The highest BCUT2D eigenvalue weighted by Crippen LogP contribution is 2.36. The molecule has 0 unspecified atom stereocenters. The van der Waals surface area contributed by atoms with Gasteiger partial charge in [0.15, 0.2) is 5.82 Å². The highest BCUT2D eigenvalue weighted by Gasteiger charge is 2.22. The summed E-state index contributed by atoms with van der Waals surface area (Å²) in [5.41, 5.74) is 4.48. The minimum atomic E-state index is -0.468. The fraction of sp³-hybridized carbons (Fsp3) is 0.292. The molecule has 5 rings (SSSR count). The molecule has 1 N–H and O–H groups in total. The molecule has 3 heterocycles. The Morgan fingerprint density at radius 2 is 2.10 bits per heavy atom. The van der Waals surface area contributed by atoms with E-state index in [-0.39, 0.29) is 11.6 Å². The lowest BCUT2D eigenvalue weighted by atomic mass is 10.0. The van der Waals surface area contributed by atoms with Crippen molar-refractivity contribution in [3.05, 3.63) is 70.9 Å². The van der Waals surface area contributed by atoms with Crippen LogP contribution in [0.2, 0.25) is 0 Å². The largest absolute Gasteiger partial charge is 0.490 e. The molecule has 6 nitrogen and oxygen atoms in total. The summed E-state index contributed by atoms with van der Waals surface area (Å²) in [6.07, 6.45) is 1.63. The summed E-state index contributed by atoms with van der Waals surface area (Å²) in [4.78, 5) is 22.9. The van der Waals surface area contributed by atoms with Crippen molar-refractivity contribution < 1.29 is 13.9 Å². The molecule has 3 aromatic rings. The average Bonchev–Trinajstić information content (AvgIpc) is 3.14. The number of hydrogen-bond acceptors (Lipinski definition) is 5. The van der Waals surface area contributed by atoms with E-state index in [0.29, 0.717) is 42.6 Å². The number of halogens is 1. The summed E-state index contributed by atoms with van der Waals surface area (Å²) in [6.45, 7) is 6.23. The molecule has 1 aromatic heterocycles. The molecule has 1 amide bonds. The molecule has 2 aliphatic rings. The van der Waals surface area contributed by atoms with Crippen LogP contribution in [0.15, 0.2) is 42.6 Å². The van der Waals surface area contributed by atoms with Gasteiger partial charge in [0.2, 0.25) is 0 Å². The number of nitrogens with zero attached hydrogens (tertiary/aromatic N) is 3. The highest BCUT2D eigenvalue weighted by molar-refractivity contribution is 5.98. The fourth-order valence-electron chi connectivity index (χ4n) is 4.17. The third-order valence-electron chi connectivity index (χ3n) is 5.77. The second-order valence-electron chi connectivity index (χ2n) is 8.15. The van der Waals surface area contributed by atoms with Crippen LogP contribution >= 0.6 is 0 Å². The Morgan fingerprint density at radius 1 is 1.23 bits per heavy atom. The second kappa shape index (κ2) is 7.65. The van der Waals surface area contributed by atoms with Gasteiger partial charge in [-0.3, -0.25) is 4.79 Å². The van der Waals surface area contributed by atoms with E-state index in [9.17, 15) is 9.18 Å². The van der Waals surface area contributed by atoms with E-state index >= 15 is 0 Å². The molecule has 0 saturated carbocycles. The Balaban J connectivity index is 1.48. The minimum absolute atomic E-state index is 0.0662. The van der Waals surface area contributed by atoms with Crippen molar-refractivity contribution in [2.75, 3.05) is 18.1 Å². The van der Waals surface area contributed by atoms with Gasteiger partial charge in [-0.05, 0) is 49.2 Å². The monoisotopic (exact) mass is 418 g/mol. The quantitative estimate of drug-likeness (QED) is 0.699. The van der Waals surface area contributed by atoms with Crippen molar-refractivity contribution in [2.24, 2.45) is 0 Å². The Labute approximate surface area is 180 Å². The topological polar surface area (TPSA) is 67.3 Å². The summed E-state index contributed by atoms with van der Waals surface area (Å²) >= 11 is 0. The van der Waals surface area contributed by atoms with E-state index in [4.69, 9.17) is 4.74 Å². The Morgan fingerprint density at radius 3 is 2.94 bits per heavy atom. The molecule has 0 spiro atoms. The van der Waals surface area contributed by atoms with Crippen LogP contribution in [-0.2, 0) is 13.0 Å². The van der Waals surface area contributed by atoms with Crippen molar-refractivity contribution in [3.8, 4) is 17.0 Å². The van der Waals surface area contributed by atoms with Gasteiger partial charge >= 0.3 is 0 Å². The summed E-state index contributed by atoms with van der Waals surface area (Å²) in [5.74, 6) is 0.771. The summed E-state index contributed by atoms with van der Waals surface area (Å²) in [7, 11) is 0. The molecule has 31 heavy (non-hydrogen) atoms. The third kappa shape index (κ3) is 3.60. The Hall–Kier alpha value is -3.48. The first-order chi connectivity index (χ1) is 15.0. The van der Waals surface area contributed by atoms with Gasteiger partial charge in [-0.25, -0.2) is 14.4 Å². The maximum Gasteiger partial charge on any atom is 0.251 e. The van der Waals surface area contributed by atoms with Crippen molar-refractivity contribution in [1.82, 2.24) is 15.3 Å². The predicted molar refractivity (Wildman–Crippen MR) is 116 cm³/mol. The summed E-state index contributed by atoms with van der Waals surface area (Å²) < 4.78 is 20.5. The number of benzene rings is 2. The number of rotatable bonds is 4. The zero-order valence-electron chi connectivity index (χ0n) is 17.5. The number of aromatic nitrogens is 2. The van der Waals surface area contributed by atoms with Crippen molar-refractivity contribution >= 4 is 11.6 Å². The minimum Gasteiger partial charge on any atom is -0.490 e. The van der Waals surface area contributed by atoms with Crippen LogP contribution in [-0.4, -0.2) is 35.1 Å². The van der Waals surface area contributed by atoms with E-state index in [1.54, 1.807) is 0 Å². The zero-order valence-corrected chi connectivity index (χ0v) is 17.5. The normalized spacial score (nSPS) is 14.8. The maximum atomic E-state index is 14.7. The molecule has 0 saturated heterocycles. The van der Waals surface area contributed by atoms with Gasteiger partial charge < -0.3 is 15.0 Å². The van der Waals surface area contributed by atoms with Gasteiger partial charge in [0.05, 0.1) is 18.4 Å². The highest BCUT2D eigenvalue weighted by atomic mass is 19.1. The molecular weight excluding hydrogens is 395 g/mol. The van der Waals surface area contributed by atoms with E-state index in [0.717, 1.165) is 29.1 Å². The predicted octanol–water partition coefficient (Wildman–Crippen LogP) is 3.72. The van der Waals surface area contributed by atoms with Gasteiger partial charge in [0.1, 0.15) is 23.9 Å². The number of amides is 1. The molecule has 0 bridgehead atoms. The molecule has 0 fully saturated rings. The van der Waals surface area contributed by atoms with Gasteiger partial charge in [0.25, 0.3) is 5.91 Å². The number of carbonyl (C=O) groups excluding carboxylic acids is 1. The Kier molecular flexibility index (Phi) is 4.81. The molecule has 0 aliphatic carbocycles. The van der Waals surface area contributed by atoms with Crippen LogP contribution in [0.4, 0.5) is 10.1 Å². The van der Waals surface area contributed by atoms with Crippen LogP contribution in [0, 0.1) is 5.82 Å². The zero-order chi connectivity index (χ0) is 21.5. The number of fused-ring (bicyclic) bond motifs is 2. The number of carbonyl (C=O) groups is 1. The first-order valence-corrected chi connectivity index (χ1v) is 10.4. The molecule has 158 valence electrons. The van der Waals surface area contributed by atoms with Crippen molar-refractivity contribution in [2.45, 2.75) is 32.9 Å². The number of ether oxygens (including phenoxy) is 1. The number of nitrogens with one attached hydrogen (secondary N) is 1. The van der Waals surface area contributed by atoms with Crippen LogP contribution in [0.3, 0.4) is 0 Å². The SMILES string of the molecule is CC(C)N1CCOc2ccc(-c3nc(Cc4ccc5c(c4)C(=O)NC5)ncc3F)cc21. The van der Waals surface area contributed by atoms with Gasteiger partial charge in [-0.2, -0.15) is 0 Å². The smallest absolute Gasteiger partial charge is 0.251 e. The first-order valence-electron chi connectivity index (χ1n) is 10.4. The van der Waals surface area contributed by atoms with E-state index < -0.39 is 5.82 Å².